The van der Waals surface area contributed by atoms with Gasteiger partial charge in [-0.25, -0.2) is 0 Å². The average Bonchev–Trinajstić information content (AvgIpc) is 2.76. The molecule has 4 heteroatoms. The number of nitrogens with zero attached hydrogens (tertiary/aromatic N) is 1. The van der Waals surface area contributed by atoms with Gasteiger partial charge in [0.2, 0.25) is 11.8 Å². The lowest BCUT2D eigenvalue weighted by Crippen LogP contribution is -2.47. The zero-order valence-corrected chi connectivity index (χ0v) is 12.9. The van der Waals surface area contributed by atoms with Crippen LogP contribution in [0.4, 0.5) is 5.69 Å². The Morgan fingerprint density at radius 2 is 1.68 bits per heavy atom. The quantitative estimate of drug-likeness (QED) is 0.561. The number of hydrogen-bond donors (Lipinski definition) is 0. The van der Waals surface area contributed by atoms with Gasteiger partial charge in [0, 0.05) is 16.4 Å². The molecule has 1 aliphatic heterocycles. The predicted octanol–water partition coefficient (Wildman–Crippen LogP) is 3.51. The minimum Gasteiger partial charge on any atom is -0.274 e. The Hall–Kier alpha value is -0.910. The highest BCUT2D eigenvalue weighted by molar-refractivity contribution is 14.1. The Bertz CT molecular complexity index is 515. The van der Waals surface area contributed by atoms with Crippen molar-refractivity contribution in [2.45, 2.75) is 38.5 Å². The van der Waals surface area contributed by atoms with Gasteiger partial charge in [0.1, 0.15) is 0 Å². The Morgan fingerprint density at radius 3 is 2.26 bits per heavy atom. The van der Waals surface area contributed by atoms with Gasteiger partial charge in [-0.15, -0.1) is 0 Å². The largest absolute Gasteiger partial charge is 0.274 e. The number of amides is 2. The lowest BCUT2D eigenvalue weighted by atomic mass is 9.76. The summed E-state index contributed by atoms with van der Waals surface area (Å²) >= 11 is 2.20. The zero-order chi connectivity index (χ0) is 13.5. The van der Waals surface area contributed by atoms with E-state index in [0.29, 0.717) is 12.8 Å². The van der Waals surface area contributed by atoms with E-state index < -0.39 is 0 Å². The monoisotopic (exact) mass is 369 g/mol. The molecule has 0 atom stereocenters. The molecule has 1 aromatic rings. The molecule has 100 valence electrons. The van der Waals surface area contributed by atoms with E-state index in [0.717, 1.165) is 34.9 Å². The highest BCUT2D eigenvalue weighted by Crippen LogP contribution is 2.47. The average molecular weight is 369 g/mol. The van der Waals surface area contributed by atoms with Crippen LogP contribution in [0.3, 0.4) is 0 Å². The topological polar surface area (TPSA) is 37.4 Å². The Kier molecular flexibility index (Phi) is 3.37. The second-order valence-electron chi connectivity index (χ2n) is 5.66. The van der Waals surface area contributed by atoms with Crippen molar-refractivity contribution in [2.24, 2.45) is 5.41 Å². The maximum Gasteiger partial charge on any atom is 0.234 e. The van der Waals surface area contributed by atoms with Gasteiger partial charge in [-0.05, 0) is 59.0 Å². The number of carbonyl (C=O) groups is 2. The first kappa shape index (κ1) is 13.1. The summed E-state index contributed by atoms with van der Waals surface area (Å²) in [5.74, 6) is -0.0553. The summed E-state index contributed by atoms with van der Waals surface area (Å²) in [6.07, 6.45) is 5.44. The van der Waals surface area contributed by atoms with Crippen LogP contribution in [0, 0.1) is 8.99 Å². The van der Waals surface area contributed by atoms with E-state index in [-0.39, 0.29) is 17.2 Å². The fourth-order valence-electron chi connectivity index (χ4n) is 3.38. The van der Waals surface area contributed by atoms with E-state index in [2.05, 4.69) is 22.6 Å². The van der Waals surface area contributed by atoms with Gasteiger partial charge in [-0.1, -0.05) is 18.9 Å². The number of anilines is 1. The van der Waals surface area contributed by atoms with E-state index in [1.165, 1.54) is 4.90 Å². The maximum absolute atomic E-state index is 12.4. The molecule has 0 N–H and O–H groups in total. The van der Waals surface area contributed by atoms with E-state index in [1.54, 1.807) is 0 Å². The number of benzene rings is 1. The van der Waals surface area contributed by atoms with Crippen LogP contribution < -0.4 is 4.90 Å². The Morgan fingerprint density at radius 1 is 1.05 bits per heavy atom. The van der Waals surface area contributed by atoms with Crippen molar-refractivity contribution in [1.82, 2.24) is 0 Å². The maximum atomic E-state index is 12.4. The minimum absolute atomic E-state index is 0.0212. The number of piperidine rings is 1. The molecule has 2 fully saturated rings. The van der Waals surface area contributed by atoms with Gasteiger partial charge in [0.05, 0.1) is 5.69 Å². The van der Waals surface area contributed by atoms with Gasteiger partial charge in [-0.2, -0.15) is 0 Å². The molecule has 2 aliphatic rings. The Balaban J connectivity index is 1.88. The van der Waals surface area contributed by atoms with E-state index in [1.807, 2.05) is 24.3 Å². The first-order valence-electron chi connectivity index (χ1n) is 6.71. The SMILES string of the molecule is O=C1CC2(CCCC2)CC(=O)N1c1cccc(I)c1. The first-order chi connectivity index (χ1) is 9.10. The molecule has 1 saturated carbocycles. The Labute approximate surface area is 126 Å². The van der Waals surface area contributed by atoms with Gasteiger partial charge in [-0.3, -0.25) is 14.5 Å². The van der Waals surface area contributed by atoms with Crippen molar-refractivity contribution in [3.05, 3.63) is 27.8 Å². The van der Waals surface area contributed by atoms with E-state index in [9.17, 15) is 9.59 Å². The number of hydrogen-bond acceptors (Lipinski definition) is 2. The molecule has 3 rings (SSSR count). The van der Waals surface area contributed by atoms with Crippen LogP contribution in [0.5, 0.6) is 0 Å². The number of imide groups is 1. The third-order valence-corrected chi connectivity index (χ3v) is 4.95. The molecule has 0 radical (unpaired) electrons. The summed E-state index contributed by atoms with van der Waals surface area (Å²) in [6.45, 7) is 0. The summed E-state index contributed by atoms with van der Waals surface area (Å²) in [4.78, 5) is 26.1. The van der Waals surface area contributed by atoms with Gasteiger partial charge >= 0.3 is 0 Å². The fourth-order valence-corrected chi connectivity index (χ4v) is 3.91. The molecule has 2 amide bonds. The molecule has 0 unspecified atom stereocenters. The van der Waals surface area contributed by atoms with Crippen LogP contribution in [-0.2, 0) is 9.59 Å². The molecule has 0 aromatic heterocycles. The fraction of sp³-hybridized carbons (Fsp3) is 0.467. The van der Waals surface area contributed by atoms with Crippen LogP contribution in [0.15, 0.2) is 24.3 Å². The lowest BCUT2D eigenvalue weighted by molar-refractivity contribution is -0.133. The van der Waals surface area contributed by atoms with Crippen LogP contribution in [0.25, 0.3) is 0 Å². The molecule has 19 heavy (non-hydrogen) atoms. The minimum atomic E-state index is -0.0276. The number of rotatable bonds is 1. The van der Waals surface area contributed by atoms with Gasteiger partial charge in [0.25, 0.3) is 0 Å². The number of carbonyl (C=O) groups excluding carboxylic acids is 2. The van der Waals surface area contributed by atoms with Crippen molar-refractivity contribution in [3.63, 3.8) is 0 Å². The van der Waals surface area contributed by atoms with Gasteiger partial charge < -0.3 is 0 Å². The summed E-state index contributed by atoms with van der Waals surface area (Å²) in [7, 11) is 0. The molecule has 1 spiro atoms. The van der Waals surface area contributed by atoms with Crippen LogP contribution in [-0.4, -0.2) is 11.8 Å². The molecule has 1 heterocycles. The summed E-state index contributed by atoms with van der Waals surface area (Å²) in [5, 5.41) is 0. The third-order valence-electron chi connectivity index (χ3n) is 4.28. The van der Waals surface area contributed by atoms with Crippen molar-refractivity contribution in [3.8, 4) is 0 Å². The summed E-state index contributed by atoms with van der Waals surface area (Å²) in [6, 6.07) is 7.58. The van der Waals surface area contributed by atoms with Crippen molar-refractivity contribution in [2.75, 3.05) is 4.90 Å². The normalized spacial score (nSPS) is 22.3. The highest BCUT2D eigenvalue weighted by atomic mass is 127. The molecule has 1 aromatic carbocycles. The van der Waals surface area contributed by atoms with Crippen molar-refractivity contribution in [1.29, 1.82) is 0 Å². The lowest BCUT2D eigenvalue weighted by Gasteiger charge is -2.37. The smallest absolute Gasteiger partial charge is 0.234 e. The van der Waals surface area contributed by atoms with Crippen molar-refractivity contribution >= 4 is 40.1 Å². The second-order valence-corrected chi connectivity index (χ2v) is 6.91. The third kappa shape index (κ3) is 2.42. The molecular formula is C15H16INO2. The van der Waals surface area contributed by atoms with E-state index >= 15 is 0 Å². The van der Waals surface area contributed by atoms with Crippen LogP contribution >= 0.6 is 22.6 Å². The molecule has 1 aliphatic carbocycles. The van der Waals surface area contributed by atoms with Crippen molar-refractivity contribution < 1.29 is 9.59 Å². The molecule has 1 saturated heterocycles. The predicted molar refractivity (Wildman–Crippen MR) is 81.8 cm³/mol. The van der Waals surface area contributed by atoms with Crippen LogP contribution in [0.1, 0.15) is 38.5 Å². The molecule has 3 nitrogen and oxygen atoms in total. The second kappa shape index (κ2) is 4.89. The molecular weight excluding hydrogens is 353 g/mol. The summed E-state index contributed by atoms with van der Waals surface area (Å²) in [5.41, 5.74) is 0.696. The standard InChI is InChI=1S/C15H16INO2/c16-11-4-3-5-12(8-11)17-13(18)9-15(10-14(17)19)6-1-2-7-15/h3-5,8H,1-2,6-7,9-10H2. The number of halogens is 1. The van der Waals surface area contributed by atoms with Crippen LogP contribution in [0.2, 0.25) is 0 Å². The first-order valence-corrected chi connectivity index (χ1v) is 7.79. The van der Waals surface area contributed by atoms with Gasteiger partial charge in [0.15, 0.2) is 0 Å². The summed E-state index contributed by atoms with van der Waals surface area (Å²) < 4.78 is 1.04. The zero-order valence-electron chi connectivity index (χ0n) is 10.7. The highest BCUT2D eigenvalue weighted by Gasteiger charge is 2.45. The molecule has 0 bridgehead atoms. The van der Waals surface area contributed by atoms with E-state index in [4.69, 9.17) is 0 Å².